The highest BCUT2D eigenvalue weighted by molar-refractivity contribution is 5.81. The lowest BCUT2D eigenvalue weighted by molar-refractivity contribution is -0.137. The second-order valence-electron chi connectivity index (χ2n) is 5.99. The van der Waals surface area contributed by atoms with Crippen molar-refractivity contribution in [3.05, 3.63) is 66.7 Å². The number of ether oxygens (including phenoxy) is 2. The van der Waals surface area contributed by atoms with Crippen molar-refractivity contribution in [1.82, 2.24) is 0 Å². The zero-order valence-corrected chi connectivity index (χ0v) is 15.7. The van der Waals surface area contributed by atoms with Crippen LogP contribution in [0.25, 0.3) is 0 Å². The van der Waals surface area contributed by atoms with E-state index in [1.54, 1.807) is 24.3 Å². The molecule has 0 bridgehead atoms. The van der Waals surface area contributed by atoms with Crippen LogP contribution in [0.15, 0.2) is 71.4 Å². The number of azo groups is 1. The number of nitrogens with zero attached hydrogens (tertiary/aromatic N) is 3. The van der Waals surface area contributed by atoms with Crippen LogP contribution in [0.5, 0.6) is 5.75 Å². The molecule has 0 unspecified atom stereocenters. The molecular formula is C22H23N3O3. The summed E-state index contributed by atoms with van der Waals surface area (Å²) in [5.41, 5.74) is 2.01. The molecule has 2 rings (SSSR count). The van der Waals surface area contributed by atoms with Gasteiger partial charge in [0.25, 0.3) is 0 Å². The first-order chi connectivity index (χ1) is 13.7. The highest BCUT2D eigenvalue weighted by Crippen LogP contribution is 2.21. The van der Waals surface area contributed by atoms with Gasteiger partial charge in [-0.15, -0.1) is 0 Å². The maximum Gasteiger partial charge on any atom is 0.330 e. The van der Waals surface area contributed by atoms with Gasteiger partial charge < -0.3 is 9.47 Å². The fourth-order valence-corrected chi connectivity index (χ4v) is 2.31. The maximum absolute atomic E-state index is 10.9. The summed E-state index contributed by atoms with van der Waals surface area (Å²) >= 11 is 0. The molecule has 0 aliphatic carbocycles. The van der Waals surface area contributed by atoms with Gasteiger partial charge in [-0.25, -0.2) is 4.79 Å². The summed E-state index contributed by atoms with van der Waals surface area (Å²) in [5.74, 6) is 0.417. The van der Waals surface area contributed by atoms with Crippen molar-refractivity contribution in [2.24, 2.45) is 10.2 Å². The first-order valence-electron chi connectivity index (χ1n) is 9.15. The Balaban J connectivity index is 1.64. The molecule has 6 nitrogen and oxygen atoms in total. The number of esters is 1. The second kappa shape index (κ2) is 12.0. The summed E-state index contributed by atoms with van der Waals surface area (Å²) in [5, 5.41) is 17.1. The van der Waals surface area contributed by atoms with Crippen LogP contribution in [-0.2, 0) is 9.53 Å². The molecule has 144 valence electrons. The van der Waals surface area contributed by atoms with Crippen LogP contribution >= 0.6 is 0 Å². The molecule has 0 fully saturated rings. The Hall–Kier alpha value is -3.46. The van der Waals surface area contributed by atoms with E-state index in [4.69, 9.17) is 14.7 Å². The normalized spacial score (nSPS) is 10.4. The maximum atomic E-state index is 10.9. The molecule has 0 heterocycles. The predicted octanol–water partition coefficient (Wildman–Crippen LogP) is 5.64. The van der Waals surface area contributed by atoms with E-state index >= 15 is 0 Å². The molecule has 0 radical (unpaired) electrons. The summed E-state index contributed by atoms with van der Waals surface area (Å²) < 4.78 is 10.6. The van der Waals surface area contributed by atoms with Crippen molar-refractivity contribution < 1.29 is 14.3 Å². The molecule has 0 atom stereocenters. The van der Waals surface area contributed by atoms with Crippen LogP contribution in [0.2, 0.25) is 0 Å². The minimum atomic E-state index is -0.372. The van der Waals surface area contributed by atoms with Gasteiger partial charge in [0, 0.05) is 6.08 Å². The van der Waals surface area contributed by atoms with Crippen molar-refractivity contribution in [2.45, 2.75) is 25.7 Å². The predicted molar refractivity (Wildman–Crippen MR) is 107 cm³/mol. The molecule has 0 aromatic heterocycles. The van der Waals surface area contributed by atoms with Gasteiger partial charge in [0.2, 0.25) is 0 Å². The van der Waals surface area contributed by atoms with Gasteiger partial charge in [-0.3, -0.25) is 0 Å². The van der Waals surface area contributed by atoms with Crippen LogP contribution in [0.1, 0.15) is 31.2 Å². The molecule has 0 saturated carbocycles. The standard InChI is InChI=1S/C22H23N3O3/c1-2-22(26)28-16-6-4-3-5-15-27-21-13-11-20(12-14-21)25-24-19-9-7-18(17-23)8-10-19/h2,7-14H,1,3-6,15-16H2/b25-24+. The van der Waals surface area contributed by atoms with Gasteiger partial charge in [-0.1, -0.05) is 6.58 Å². The number of hydrogen-bond acceptors (Lipinski definition) is 6. The van der Waals surface area contributed by atoms with E-state index in [9.17, 15) is 4.79 Å². The second-order valence-corrected chi connectivity index (χ2v) is 5.99. The summed E-state index contributed by atoms with van der Waals surface area (Å²) in [6, 6.07) is 16.4. The minimum absolute atomic E-state index is 0.372. The highest BCUT2D eigenvalue weighted by atomic mass is 16.5. The number of unbranched alkanes of at least 4 members (excludes halogenated alkanes) is 3. The van der Waals surface area contributed by atoms with E-state index in [0.717, 1.165) is 37.1 Å². The monoisotopic (exact) mass is 377 g/mol. The highest BCUT2D eigenvalue weighted by Gasteiger charge is 1.98. The average molecular weight is 377 g/mol. The molecular weight excluding hydrogens is 354 g/mol. The summed E-state index contributed by atoms with van der Waals surface area (Å²) in [6.45, 7) is 4.42. The van der Waals surface area contributed by atoms with Gasteiger partial charge in [0.1, 0.15) is 5.75 Å². The number of carbonyl (C=O) groups excluding carboxylic acids is 1. The largest absolute Gasteiger partial charge is 0.494 e. The Morgan fingerprint density at radius 1 is 0.929 bits per heavy atom. The van der Waals surface area contributed by atoms with Crippen LogP contribution < -0.4 is 4.74 Å². The van der Waals surface area contributed by atoms with Crippen LogP contribution in [-0.4, -0.2) is 19.2 Å². The number of rotatable bonds is 11. The minimum Gasteiger partial charge on any atom is -0.494 e. The molecule has 0 aliphatic heterocycles. The molecule has 6 heteroatoms. The third kappa shape index (κ3) is 7.83. The first kappa shape index (κ1) is 20.8. The number of nitriles is 1. The topological polar surface area (TPSA) is 84.0 Å². The van der Waals surface area contributed by atoms with Gasteiger partial charge >= 0.3 is 5.97 Å². The van der Waals surface area contributed by atoms with Crippen molar-refractivity contribution in [2.75, 3.05) is 13.2 Å². The van der Waals surface area contributed by atoms with Crippen molar-refractivity contribution >= 4 is 17.3 Å². The molecule has 0 N–H and O–H groups in total. The number of carbonyl (C=O) groups is 1. The molecule has 0 saturated heterocycles. The Labute approximate surface area is 165 Å². The fraction of sp³-hybridized carbons (Fsp3) is 0.273. The van der Waals surface area contributed by atoms with Crippen LogP contribution in [0.4, 0.5) is 11.4 Å². The van der Waals surface area contributed by atoms with E-state index < -0.39 is 0 Å². The molecule has 0 amide bonds. The van der Waals surface area contributed by atoms with Crippen LogP contribution in [0.3, 0.4) is 0 Å². The number of benzene rings is 2. The SMILES string of the molecule is C=CC(=O)OCCCCCCOc1ccc(/N=N/c2ccc(C#N)cc2)cc1. The average Bonchev–Trinajstić information content (AvgIpc) is 2.75. The molecule has 0 aliphatic rings. The summed E-state index contributed by atoms with van der Waals surface area (Å²) in [6.07, 6.45) is 4.96. The van der Waals surface area contributed by atoms with E-state index in [-0.39, 0.29) is 5.97 Å². The van der Waals surface area contributed by atoms with E-state index in [2.05, 4.69) is 22.9 Å². The zero-order valence-electron chi connectivity index (χ0n) is 15.7. The van der Waals surface area contributed by atoms with Crippen molar-refractivity contribution in [3.63, 3.8) is 0 Å². The molecule has 28 heavy (non-hydrogen) atoms. The Kier molecular flexibility index (Phi) is 8.95. The van der Waals surface area contributed by atoms with Crippen molar-refractivity contribution in [1.29, 1.82) is 5.26 Å². The smallest absolute Gasteiger partial charge is 0.330 e. The van der Waals surface area contributed by atoms with E-state index in [1.165, 1.54) is 6.08 Å². The lowest BCUT2D eigenvalue weighted by Gasteiger charge is -2.06. The lowest BCUT2D eigenvalue weighted by atomic mass is 10.2. The molecule has 0 spiro atoms. The third-order valence-electron chi connectivity index (χ3n) is 3.83. The van der Waals surface area contributed by atoms with Gasteiger partial charge in [0.15, 0.2) is 0 Å². The van der Waals surface area contributed by atoms with Crippen LogP contribution in [0, 0.1) is 11.3 Å². The van der Waals surface area contributed by atoms with Gasteiger partial charge in [-0.2, -0.15) is 15.5 Å². The third-order valence-corrected chi connectivity index (χ3v) is 3.83. The zero-order chi connectivity index (χ0) is 20.0. The van der Waals surface area contributed by atoms with E-state index in [1.807, 2.05) is 24.3 Å². The first-order valence-corrected chi connectivity index (χ1v) is 9.15. The van der Waals surface area contributed by atoms with Crippen molar-refractivity contribution in [3.8, 4) is 11.8 Å². The molecule has 2 aromatic carbocycles. The van der Waals surface area contributed by atoms with Gasteiger partial charge in [-0.05, 0) is 74.2 Å². The summed E-state index contributed by atoms with van der Waals surface area (Å²) in [7, 11) is 0. The lowest BCUT2D eigenvalue weighted by Crippen LogP contribution is -2.02. The van der Waals surface area contributed by atoms with Gasteiger partial charge in [0.05, 0.1) is 36.2 Å². The Morgan fingerprint density at radius 2 is 1.50 bits per heavy atom. The quantitative estimate of drug-likeness (QED) is 0.219. The summed E-state index contributed by atoms with van der Waals surface area (Å²) in [4.78, 5) is 10.9. The molecule has 2 aromatic rings. The number of hydrogen-bond donors (Lipinski definition) is 0. The Morgan fingerprint density at radius 3 is 2.07 bits per heavy atom. The van der Waals surface area contributed by atoms with E-state index in [0.29, 0.717) is 24.5 Å². The fourth-order valence-electron chi connectivity index (χ4n) is 2.31. The Bertz CT molecular complexity index is 822.